The highest BCUT2D eigenvalue weighted by Crippen LogP contribution is 2.04. The number of carboxylic acid groups (broad SMARTS) is 2. The third-order valence-electron chi connectivity index (χ3n) is 4.69. The average Bonchev–Trinajstić information content (AvgIpc) is 2.90. The molecule has 244 valence electrons. The zero-order valence-corrected chi connectivity index (χ0v) is 26.5. The molecule has 41 heavy (non-hydrogen) atoms. The van der Waals surface area contributed by atoms with Gasteiger partial charge in [-0.15, -0.1) is 0 Å². The summed E-state index contributed by atoms with van der Waals surface area (Å²) in [5.74, 6) is -1.87. The Hall–Kier alpha value is -1.90. The second kappa shape index (κ2) is 27.0. The zero-order chi connectivity index (χ0) is 32.5. The molecule has 0 aliphatic rings. The van der Waals surface area contributed by atoms with Gasteiger partial charge in [-0.25, -0.2) is 9.59 Å². The van der Waals surface area contributed by atoms with Gasteiger partial charge in [0.05, 0.1) is 89.0 Å². The van der Waals surface area contributed by atoms with E-state index in [4.69, 9.17) is 43.7 Å². The highest BCUT2D eigenvalue weighted by Gasteiger charge is 2.13. The molecule has 0 aromatic rings. The quantitative estimate of drug-likeness (QED) is 0.143. The Kier molecular flexibility index (Phi) is 28.6. The van der Waals surface area contributed by atoms with Crippen LogP contribution in [0, 0.1) is 0 Å². The average molecular weight is 597 g/mol. The van der Waals surface area contributed by atoms with E-state index in [9.17, 15) is 14.7 Å². The van der Waals surface area contributed by atoms with Crippen LogP contribution >= 0.6 is 0 Å². The number of aliphatic hydroxyl groups excluding tert-OH is 2. The molecule has 7 atom stereocenters. The van der Waals surface area contributed by atoms with Crippen LogP contribution in [0.5, 0.6) is 0 Å². The van der Waals surface area contributed by atoms with Crippen molar-refractivity contribution >= 4 is 11.9 Å². The first-order valence-corrected chi connectivity index (χ1v) is 13.7. The summed E-state index contributed by atoms with van der Waals surface area (Å²) in [4.78, 5) is 19.2. The van der Waals surface area contributed by atoms with Gasteiger partial charge in [0, 0.05) is 11.1 Å². The van der Waals surface area contributed by atoms with Crippen LogP contribution in [0.4, 0.5) is 0 Å². The van der Waals surface area contributed by atoms with E-state index in [0.29, 0.717) is 39.6 Å². The summed E-state index contributed by atoms with van der Waals surface area (Å²) in [6.45, 7) is 25.0. The van der Waals surface area contributed by atoms with Crippen molar-refractivity contribution < 1.29 is 58.4 Å². The molecule has 4 N–H and O–H groups in total. The van der Waals surface area contributed by atoms with Crippen molar-refractivity contribution in [3.8, 4) is 0 Å². The van der Waals surface area contributed by atoms with Gasteiger partial charge in [0.25, 0.3) is 0 Å². The highest BCUT2D eigenvalue weighted by molar-refractivity contribution is 5.85. The number of aliphatic hydroxyl groups is 2. The van der Waals surface area contributed by atoms with Gasteiger partial charge in [-0.3, -0.25) is 0 Å². The van der Waals surface area contributed by atoms with Gasteiger partial charge in [0.15, 0.2) is 0 Å². The predicted octanol–water partition coefficient (Wildman–Crippen LogP) is 3.08. The number of hydrogen-bond donors (Lipinski definition) is 4. The number of hydrogen-bond acceptors (Lipinski definition) is 10. The Labute approximate surface area is 246 Å². The normalized spacial score (nSPS) is 15.9. The number of rotatable bonds is 21. The minimum atomic E-state index is -0.935. The van der Waals surface area contributed by atoms with Crippen LogP contribution in [0.2, 0.25) is 0 Å². The molecule has 0 aliphatic carbocycles. The Morgan fingerprint density at radius 2 is 0.732 bits per heavy atom. The molecule has 7 unspecified atom stereocenters. The number of carbonyl (C=O) groups is 2. The molecular formula is C29H56O12. The van der Waals surface area contributed by atoms with Gasteiger partial charge in [0.1, 0.15) is 0 Å². The largest absolute Gasteiger partial charge is 0.478 e. The smallest absolute Gasteiger partial charge is 0.330 e. The first-order chi connectivity index (χ1) is 18.9. The fourth-order valence-corrected chi connectivity index (χ4v) is 2.10. The van der Waals surface area contributed by atoms with Crippen molar-refractivity contribution in [2.24, 2.45) is 0 Å². The number of carboxylic acids is 2. The maximum absolute atomic E-state index is 9.60. The first kappa shape index (κ1) is 43.6. The zero-order valence-electron chi connectivity index (χ0n) is 26.5. The maximum atomic E-state index is 9.60. The van der Waals surface area contributed by atoms with Crippen molar-refractivity contribution in [3.05, 3.63) is 24.3 Å². The molecule has 0 heterocycles. The summed E-state index contributed by atoms with van der Waals surface area (Å²) >= 11 is 0. The van der Waals surface area contributed by atoms with Crippen LogP contribution in [0.15, 0.2) is 24.3 Å². The number of ether oxygens (including phenoxy) is 6. The Morgan fingerprint density at radius 3 is 0.902 bits per heavy atom. The van der Waals surface area contributed by atoms with E-state index in [0.717, 1.165) is 0 Å². The van der Waals surface area contributed by atoms with Crippen molar-refractivity contribution in [3.63, 3.8) is 0 Å². The van der Waals surface area contributed by atoms with Crippen molar-refractivity contribution in [2.45, 2.75) is 105 Å². The highest BCUT2D eigenvalue weighted by atomic mass is 16.6. The summed E-state index contributed by atoms with van der Waals surface area (Å²) in [7, 11) is 0. The van der Waals surface area contributed by atoms with Gasteiger partial charge in [0.2, 0.25) is 0 Å². The molecule has 0 saturated heterocycles. The molecule has 0 aromatic heterocycles. The summed E-state index contributed by atoms with van der Waals surface area (Å²) in [5, 5.41) is 33.9. The molecule has 0 fully saturated rings. The summed E-state index contributed by atoms with van der Waals surface area (Å²) < 4.78 is 33.8. The van der Waals surface area contributed by atoms with Crippen LogP contribution in [-0.2, 0) is 38.0 Å². The maximum Gasteiger partial charge on any atom is 0.330 e. The van der Waals surface area contributed by atoms with Gasteiger partial charge in [-0.05, 0) is 62.3 Å². The fraction of sp³-hybridized carbons (Fsp3) is 0.793. The van der Waals surface area contributed by atoms with E-state index in [1.165, 1.54) is 13.8 Å². The van der Waals surface area contributed by atoms with Crippen LogP contribution in [0.25, 0.3) is 0 Å². The molecule has 0 amide bonds. The van der Waals surface area contributed by atoms with Crippen molar-refractivity contribution in [1.29, 1.82) is 0 Å². The molecule has 0 saturated carbocycles. The van der Waals surface area contributed by atoms with E-state index >= 15 is 0 Å². The van der Waals surface area contributed by atoms with E-state index < -0.39 is 18.0 Å². The summed E-state index contributed by atoms with van der Waals surface area (Å²) in [6, 6.07) is 0. The van der Waals surface area contributed by atoms with Gasteiger partial charge < -0.3 is 48.8 Å². The van der Waals surface area contributed by atoms with Crippen molar-refractivity contribution in [1.82, 2.24) is 0 Å². The topological polar surface area (TPSA) is 170 Å². The van der Waals surface area contributed by atoms with Crippen molar-refractivity contribution in [2.75, 3.05) is 46.2 Å². The molecule has 0 rings (SSSR count). The summed E-state index contributed by atoms with van der Waals surface area (Å²) in [5.41, 5.74) is 0.352. The lowest BCUT2D eigenvalue weighted by atomic mass is 10.3. The fourth-order valence-electron chi connectivity index (χ4n) is 2.10. The molecule has 0 spiro atoms. The standard InChI is InChI=1S/C21H44O8.2C4H6O2/c1-15(23)9-24-17(3)11-26-19(5)13-28-21(7)14-29-20(6)12-27-18(4)10-25-16(2)8-22;2*1-3(2)4(5)6/h15-23H,8-14H2,1-7H3;2*1H2,2H3,(H,5,6). The molecule has 0 bridgehead atoms. The summed E-state index contributed by atoms with van der Waals surface area (Å²) in [6.07, 6.45) is -0.963. The lowest BCUT2D eigenvalue weighted by Crippen LogP contribution is -2.30. The lowest BCUT2D eigenvalue weighted by molar-refractivity contribution is -0.133. The van der Waals surface area contributed by atoms with Gasteiger partial charge in [-0.1, -0.05) is 13.2 Å². The molecular weight excluding hydrogens is 540 g/mol. The molecule has 0 aromatic carbocycles. The van der Waals surface area contributed by atoms with E-state index in [1.807, 2.05) is 41.5 Å². The second-order valence-electron chi connectivity index (χ2n) is 10.1. The van der Waals surface area contributed by atoms with E-state index in [1.54, 1.807) is 6.92 Å². The van der Waals surface area contributed by atoms with Crippen LogP contribution in [0.3, 0.4) is 0 Å². The van der Waals surface area contributed by atoms with E-state index in [-0.39, 0.29) is 54.4 Å². The minimum absolute atomic E-state index is 0.00355. The molecule has 0 aliphatic heterocycles. The van der Waals surface area contributed by atoms with E-state index in [2.05, 4.69) is 13.2 Å². The SMILES string of the molecule is C=C(C)C(=O)O.C=C(C)C(=O)O.CC(O)COC(C)COC(C)COC(C)COC(C)COC(C)COC(C)CO. The van der Waals surface area contributed by atoms with Crippen LogP contribution in [0.1, 0.15) is 62.3 Å². The van der Waals surface area contributed by atoms with Gasteiger partial charge >= 0.3 is 11.9 Å². The first-order valence-electron chi connectivity index (χ1n) is 13.7. The third-order valence-corrected chi connectivity index (χ3v) is 4.69. The predicted molar refractivity (Wildman–Crippen MR) is 156 cm³/mol. The molecule has 12 nitrogen and oxygen atoms in total. The Bertz CT molecular complexity index is 649. The third kappa shape index (κ3) is 34.2. The molecule has 0 radical (unpaired) electrons. The van der Waals surface area contributed by atoms with Crippen LogP contribution < -0.4 is 0 Å². The number of aliphatic carboxylic acids is 2. The lowest BCUT2D eigenvalue weighted by Gasteiger charge is -2.22. The second-order valence-corrected chi connectivity index (χ2v) is 10.1. The Morgan fingerprint density at radius 1 is 0.537 bits per heavy atom. The van der Waals surface area contributed by atoms with Crippen LogP contribution in [-0.4, -0.2) is 121 Å². The monoisotopic (exact) mass is 596 g/mol. The molecule has 12 heteroatoms. The van der Waals surface area contributed by atoms with Gasteiger partial charge in [-0.2, -0.15) is 0 Å². The minimum Gasteiger partial charge on any atom is -0.478 e. The Balaban J connectivity index is -0.000000995.